The van der Waals surface area contributed by atoms with E-state index < -0.39 is 0 Å². The van der Waals surface area contributed by atoms with Crippen LogP contribution in [0.25, 0.3) is 16.7 Å². The van der Waals surface area contributed by atoms with E-state index in [4.69, 9.17) is 5.10 Å². The molecule has 1 aliphatic rings. The number of anilines is 1. The molecule has 0 unspecified atom stereocenters. The molecule has 0 spiro atoms. The molecule has 0 fully saturated rings. The average molecular weight is 455 g/mol. The van der Waals surface area contributed by atoms with E-state index in [2.05, 4.69) is 21.5 Å². The van der Waals surface area contributed by atoms with Crippen LogP contribution in [-0.2, 0) is 19.4 Å². The zero-order valence-corrected chi connectivity index (χ0v) is 19.0. The molecule has 5 aromatic rings. The molecule has 0 saturated heterocycles. The molecule has 1 aliphatic carbocycles. The highest BCUT2D eigenvalue weighted by molar-refractivity contribution is 7.09. The third kappa shape index (κ3) is 3.52. The van der Waals surface area contributed by atoms with Crippen molar-refractivity contribution in [3.05, 3.63) is 87.5 Å². The first-order valence-corrected chi connectivity index (χ1v) is 11.9. The molecule has 0 radical (unpaired) electrons. The molecule has 7 nitrogen and oxygen atoms in total. The maximum Gasteiger partial charge on any atom is 0.257 e. The summed E-state index contributed by atoms with van der Waals surface area (Å²) in [5, 5.41) is 15.3. The Morgan fingerprint density at radius 2 is 2.03 bits per heavy atom. The molecule has 8 heteroatoms. The van der Waals surface area contributed by atoms with E-state index in [-0.39, 0.29) is 5.91 Å². The van der Waals surface area contributed by atoms with Gasteiger partial charge in [0.15, 0.2) is 5.65 Å². The summed E-state index contributed by atoms with van der Waals surface area (Å²) in [5.41, 5.74) is 5.19. The lowest BCUT2D eigenvalue weighted by molar-refractivity contribution is 0.102. The summed E-state index contributed by atoms with van der Waals surface area (Å²) in [6, 6.07) is 15.9. The maximum absolute atomic E-state index is 13.6. The zero-order valence-electron chi connectivity index (χ0n) is 18.2. The van der Waals surface area contributed by atoms with Crippen LogP contribution < -0.4 is 5.32 Å². The predicted molar refractivity (Wildman–Crippen MR) is 129 cm³/mol. The Kier molecular flexibility index (Phi) is 4.80. The molecule has 1 aromatic carbocycles. The fourth-order valence-electron chi connectivity index (χ4n) is 4.48. The summed E-state index contributed by atoms with van der Waals surface area (Å²) in [4.78, 5) is 19.5. The lowest BCUT2D eigenvalue weighted by Crippen LogP contribution is -2.17. The van der Waals surface area contributed by atoms with Crippen molar-refractivity contribution in [1.29, 1.82) is 0 Å². The SMILES string of the molecule is Cc1cc(C(=O)Nc2c3c(nn2-c2ccccc2)CCC3)c2cnn(Cc3cccs3)c2n1. The normalized spacial score (nSPS) is 12.9. The number of nitrogens with zero attached hydrogens (tertiary/aromatic N) is 5. The number of thiophene rings is 1. The summed E-state index contributed by atoms with van der Waals surface area (Å²) in [6.07, 6.45) is 4.65. The lowest BCUT2D eigenvalue weighted by atomic mass is 10.1. The zero-order chi connectivity index (χ0) is 22.4. The first kappa shape index (κ1) is 19.9. The van der Waals surface area contributed by atoms with Gasteiger partial charge >= 0.3 is 0 Å². The van der Waals surface area contributed by atoms with Crippen molar-refractivity contribution < 1.29 is 4.79 Å². The molecule has 33 heavy (non-hydrogen) atoms. The van der Waals surface area contributed by atoms with Crippen molar-refractivity contribution in [3.63, 3.8) is 0 Å². The largest absolute Gasteiger partial charge is 0.306 e. The Bertz CT molecular complexity index is 1470. The summed E-state index contributed by atoms with van der Waals surface area (Å²) < 4.78 is 3.71. The highest BCUT2D eigenvalue weighted by atomic mass is 32.1. The lowest BCUT2D eigenvalue weighted by Gasteiger charge is -2.12. The third-order valence-corrected chi connectivity index (χ3v) is 6.87. The monoisotopic (exact) mass is 454 g/mol. The number of carbonyl (C=O) groups is 1. The van der Waals surface area contributed by atoms with Gasteiger partial charge in [0.2, 0.25) is 0 Å². The molecular formula is C25H22N6OS. The van der Waals surface area contributed by atoms with Crippen molar-refractivity contribution in [2.24, 2.45) is 0 Å². The van der Waals surface area contributed by atoms with Crippen LogP contribution in [0.1, 0.15) is 38.6 Å². The molecule has 0 aliphatic heterocycles. The summed E-state index contributed by atoms with van der Waals surface area (Å²) in [6.45, 7) is 2.54. The van der Waals surface area contributed by atoms with E-state index in [1.165, 1.54) is 4.88 Å². The summed E-state index contributed by atoms with van der Waals surface area (Å²) in [7, 11) is 0. The molecule has 1 N–H and O–H groups in total. The average Bonchev–Trinajstić information content (AvgIpc) is 3.61. The number of hydrogen-bond donors (Lipinski definition) is 1. The molecule has 164 valence electrons. The van der Waals surface area contributed by atoms with E-state index >= 15 is 0 Å². The van der Waals surface area contributed by atoms with E-state index in [0.29, 0.717) is 12.1 Å². The number of benzene rings is 1. The van der Waals surface area contributed by atoms with Gasteiger partial charge in [-0.2, -0.15) is 10.2 Å². The molecule has 1 amide bonds. The highest BCUT2D eigenvalue weighted by Gasteiger charge is 2.25. The topological polar surface area (TPSA) is 77.6 Å². The second kappa shape index (κ2) is 7.97. The van der Waals surface area contributed by atoms with E-state index in [0.717, 1.165) is 58.8 Å². The molecule has 4 aromatic heterocycles. The molecule has 4 heterocycles. The predicted octanol–water partition coefficient (Wildman–Crippen LogP) is 4.78. The minimum Gasteiger partial charge on any atom is -0.306 e. The fraction of sp³-hybridized carbons (Fsp3) is 0.200. The van der Waals surface area contributed by atoms with Gasteiger partial charge in [-0.05, 0) is 55.8 Å². The van der Waals surface area contributed by atoms with E-state index in [1.54, 1.807) is 17.5 Å². The summed E-state index contributed by atoms with van der Waals surface area (Å²) >= 11 is 1.68. The second-order valence-corrected chi connectivity index (χ2v) is 9.29. The molecular weight excluding hydrogens is 432 g/mol. The molecule has 0 atom stereocenters. The van der Waals surface area contributed by atoms with Crippen LogP contribution in [0.5, 0.6) is 0 Å². The van der Waals surface area contributed by atoms with Gasteiger partial charge in [0.05, 0.1) is 35.1 Å². The van der Waals surface area contributed by atoms with Gasteiger partial charge in [-0.15, -0.1) is 11.3 Å². The van der Waals surface area contributed by atoms with Crippen LogP contribution >= 0.6 is 11.3 Å². The quantitative estimate of drug-likeness (QED) is 0.415. The van der Waals surface area contributed by atoms with Crippen molar-refractivity contribution in [1.82, 2.24) is 24.5 Å². The number of para-hydroxylation sites is 1. The fourth-order valence-corrected chi connectivity index (χ4v) is 5.16. The number of amides is 1. The minimum absolute atomic E-state index is 0.173. The van der Waals surface area contributed by atoms with Gasteiger partial charge in [-0.25, -0.2) is 14.3 Å². The van der Waals surface area contributed by atoms with Crippen LogP contribution in [0, 0.1) is 6.92 Å². The summed E-state index contributed by atoms with van der Waals surface area (Å²) in [5.74, 6) is 0.584. The number of hydrogen-bond acceptors (Lipinski definition) is 5. The van der Waals surface area contributed by atoms with Crippen LogP contribution in [0.2, 0.25) is 0 Å². The van der Waals surface area contributed by atoms with E-state index in [1.807, 2.05) is 64.1 Å². The molecule has 6 rings (SSSR count). The van der Waals surface area contributed by atoms with Crippen molar-refractivity contribution >= 4 is 34.1 Å². The highest BCUT2D eigenvalue weighted by Crippen LogP contribution is 2.32. The number of nitrogens with one attached hydrogen (secondary N) is 1. The first-order chi connectivity index (χ1) is 16.2. The Morgan fingerprint density at radius 1 is 1.15 bits per heavy atom. The van der Waals surface area contributed by atoms with Crippen LogP contribution in [0.4, 0.5) is 5.82 Å². The molecule has 0 bridgehead atoms. The maximum atomic E-state index is 13.6. The standard InChI is InChI=1S/C25H22N6OS/c1-16-13-20(21-14-26-30(23(21)27-16)15-18-9-6-12-33-18)25(32)28-24-19-10-5-11-22(19)29-31(24)17-7-3-2-4-8-17/h2-4,6-9,12-14H,5,10-11,15H2,1H3,(H,28,32). The van der Waals surface area contributed by atoms with Crippen LogP contribution in [-0.4, -0.2) is 30.5 Å². The molecule has 0 saturated carbocycles. The van der Waals surface area contributed by atoms with Gasteiger partial charge < -0.3 is 5.32 Å². The van der Waals surface area contributed by atoms with Gasteiger partial charge in [-0.3, -0.25) is 4.79 Å². The van der Waals surface area contributed by atoms with Gasteiger partial charge in [0, 0.05) is 16.1 Å². The Labute approximate surface area is 194 Å². The number of aryl methyl sites for hydroxylation is 2. The Balaban J connectivity index is 1.39. The Morgan fingerprint density at radius 3 is 2.85 bits per heavy atom. The van der Waals surface area contributed by atoms with E-state index in [9.17, 15) is 4.79 Å². The van der Waals surface area contributed by atoms with Crippen LogP contribution in [0.3, 0.4) is 0 Å². The van der Waals surface area contributed by atoms with Crippen molar-refractivity contribution in [3.8, 4) is 5.69 Å². The second-order valence-electron chi connectivity index (χ2n) is 8.26. The van der Waals surface area contributed by atoms with Crippen molar-refractivity contribution in [2.45, 2.75) is 32.7 Å². The van der Waals surface area contributed by atoms with Crippen LogP contribution in [0.15, 0.2) is 60.1 Å². The van der Waals surface area contributed by atoms with Gasteiger partial charge in [-0.1, -0.05) is 24.3 Å². The Hall–Kier alpha value is -3.78. The number of aromatic nitrogens is 5. The smallest absolute Gasteiger partial charge is 0.257 e. The number of pyridine rings is 1. The minimum atomic E-state index is -0.173. The van der Waals surface area contributed by atoms with Gasteiger partial charge in [0.25, 0.3) is 5.91 Å². The first-order valence-electron chi connectivity index (χ1n) is 11.0. The van der Waals surface area contributed by atoms with Crippen molar-refractivity contribution in [2.75, 3.05) is 5.32 Å². The van der Waals surface area contributed by atoms with Gasteiger partial charge in [0.1, 0.15) is 5.82 Å². The third-order valence-electron chi connectivity index (χ3n) is 6.01. The number of rotatable bonds is 5. The number of fused-ring (bicyclic) bond motifs is 2. The number of carbonyl (C=O) groups excluding carboxylic acids is 1.